The summed E-state index contributed by atoms with van der Waals surface area (Å²) in [5, 5.41) is 8.83. The van der Waals surface area contributed by atoms with Crippen molar-refractivity contribution in [3.63, 3.8) is 0 Å². The molecule has 0 aliphatic carbocycles. The summed E-state index contributed by atoms with van der Waals surface area (Å²) >= 11 is 1.75. The Morgan fingerprint density at radius 2 is 2.10 bits per heavy atom. The molecule has 0 radical (unpaired) electrons. The molecule has 0 amide bonds. The van der Waals surface area contributed by atoms with E-state index in [1.54, 1.807) is 17.8 Å². The topological polar surface area (TPSA) is 61.2 Å². The second-order valence-electron chi connectivity index (χ2n) is 5.52. The van der Waals surface area contributed by atoms with Crippen LogP contribution in [0.2, 0.25) is 0 Å². The third-order valence-corrected chi connectivity index (χ3v) is 6.76. The van der Waals surface area contributed by atoms with Crippen LogP contribution in [0.25, 0.3) is 0 Å². The summed E-state index contributed by atoms with van der Waals surface area (Å²) < 4.78 is 40.0. The summed E-state index contributed by atoms with van der Waals surface area (Å²) in [7, 11) is -3.68. The average Bonchev–Trinajstić information content (AvgIpc) is 2.60. The molecule has 0 bridgehead atoms. The summed E-state index contributed by atoms with van der Waals surface area (Å²) in [4.78, 5) is -0.0230. The van der Waals surface area contributed by atoms with Gasteiger partial charge in [0.2, 0.25) is 10.0 Å². The predicted octanol–water partition coefficient (Wildman–Crippen LogP) is 2.60. The fourth-order valence-electron chi connectivity index (χ4n) is 2.14. The van der Waals surface area contributed by atoms with Crippen molar-refractivity contribution in [2.75, 3.05) is 18.8 Å². The standard InChI is InChI=1S/C14H17FN2O2S2/c1-14(2)5-6-17(7-8-20-14)21(18,19)12-3-4-13(15)11(9-12)10-16/h3-4,9H,5-8H2,1-2H3. The highest BCUT2D eigenvalue weighted by molar-refractivity contribution is 8.00. The van der Waals surface area contributed by atoms with E-state index in [9.17, 15) is 12.8 Å². The Labute approximate surface area is 129 Å². The van der Waals surface area contributed by atoms with Gasteiger partial charge in [0.1, 0.15) is 11.9 Å². The molecule has 1 heterocycles. The zero-order chi connectivity index (χ0) is 15.7. The van der Waals surface area contributed by atoms with Crippen LogP contribution in [0.15, 0.2) is 23.1 Å². The van der Waals surface area contributed by atoms with E-state index in [1.807, 2.05) is 0 Å². The molecule has 0 saturated carbocycles. The van der Waals surface area contributed by atoms with E-state index in [4.69, 9.17) is 5.26 Å². The molecule has 0 N–H and O–H groups in total. The number of halogens is 1. The van der Waals surface area contributed by atoms with Gasteiger partial charge >= 0.3 is 0 Å². The molecule has 21 heavy (non-hydrogen) atoms. The molecule has 0 spiro atoms. The molecular formula is C14H17FN2O2S2. The minimum atomic E-state index is -3.68. The molecule has 1 aromatic rings. The van der Waals surface area contributed by atoms with Crippen LogP contribution in [0.1, 0.15) is 25.8 Å². The molecule has 1 aromatic carbocycles. The summed E-state index contributed by atoms with van der Waals surface area (Å²) in [5.41, 5.74) is -0.249. The molecule has 1 aliphatic heterocycles. The Hall–Kier alpha value is -1.10. The van der Waals surface area contributed by atoms with Gasteiger partial charge in [-0.25, -0.2) is 12.8 Å². The van der Waals surface area contributed by atoms with Gasteiger partial charge in [0, 0.05) is 23.6 Å². The Bertz CT molecular complexity index is 681. The van der Waals surface area contributed by atoms with Crippen molar-refractivity contribution in [2.45, 2.75) is 29.9 Å². The SMILES string of the molecule is CC1(C)CCN(S(=O)(=O)c2ccc(F)c(C#N)c2)CCS1. The number of thioether (sulfide) groups is 1. The maximum absolute atomic E-state index is 13.3. The number of rotatable bonds is 2. The molecule has 0 unspecified atom stereocenters. The fraction of sp³-hybridized carbons (Fsp3) is 0.500. The molecule has 0 aromatic heterocycles. The van der Waals surface area contributed by atoms with Crippen LogP contribution < -0.4 is 0 Å². The lowest BCUT2D eigenvalue weighted by atomic mass is 10.1. The van der Waals surface area contributed by atoms with Crippen LogP contribution in [-0.2, 0) is 10.0 Å². The Kier molecular flexibility index (Phi) is 4.61. The lowest BCUT2D eigenvalue weighted by molar-refractivity contribution is 0.415. The van der Waals surface area contributed by atoms with Crippen LogP contribution in [-0.4, -0.2) is 36.3 Å². The first kappa shape index (κ1) is 16.3. The van der Waals surface area contributed by atoms with E-state index in [0.717, 1.165) is 24.3 Å². The first-order chi connectivity index (χ1) is 9.76. The normalized spacial score (nSPS) is 19.7. The smallest absolute Gasteiger partial charge is 0.207 e. The highest BCUT2D eigenvalue weighted by atomic mass is 32.2. The summed E-state index contributed by atoms with van der Waals surface area (Å²) in [6.07, 6.45) is 0.753. The van der Waals surface area contributed by atoms with Gasteiger partial charge in [-0.1, -0.05) is 13.8 Å². The van der Waals surface area contributed by atoms with E-state index in [-0.39, 0.29) is 15.2 Å². The highest BCUT2D eigenvalue weighted by Gasteiger charge is 2.31. The minimum absolute atomic E-state index is 0.0230. The van der Waals surface area contributed by atoms with Crippen LogP contribution in [0.5, 0.6) is 0 Å². The molecular weight excluding hydrogens is 311 g/mol. The van der Waals surface area contributed by atoms with E-state index < -0.39 is 15.8 Å². The number of nitriles is 1. The summed E-state index contributed by atoms with van der Waals surface area (Å²) in [6, 6.07) is 5.03. The van der Waals surface area contributed by atoms with Gasteiger partial charge in [-0.3, -0.25) is 0 Å². The van der Waals surface area contributed by atoms with Crippen molar-refractivity contribution in [1.29, 1.82) is 5.26 Å². The quantitative estimate of drug-likeness (QED) is 0.837. The number of hydrogen-bond acceptors (Lipinski definition) is 4. The zero-order valence-corrected chi connectivity index (χ0v) is 13.6. The lowest BCUT2D eigenvalue weighted by Gasteiger charge is -2.22. The van der Waals surface area contributed by atoms with E-state index in [2.05, 4.69) is 13.8 Å². The largest absolute Gasteiger partial charge is 0.243 e. The number of hydrogen-bond donors (Lipinski definition) is 0. The van der Waals surface area contributed by atoms with Crippen LogP contribution in [0, 0.1) is 17.1 Å². The van der Waals surface area contributed by atoms with Gasteiger partial charge in [0.05, 0.1) is 10.5 Å². The Morgan fingerprint density at radius 1 is 1.38 bits per heavy atom. The second-order valence-corrected chi connectivity index (χ2v) is 9.26. The molecule has 4 nitrogen and oxygen atoms in total. The van der Waals surface area contributed by atoms with Gasteiger partial charge in [-0.05, 0) is 24.6 Å². The predicted molar refractivity (Wildman–Crippen MR) is 81.0 cm³/mol. The summed E-state index contributed by atoms with van der Waals surface area (Å²) in [6.45, 7) is 5.05. The first-order valence-electron chi connectivity index (χ1n) is 6.60. The molecule has 2 rings (SSSR count). The number of benzene rings is 1. The molecule has 1 aliphatic rings. The number of nitrogens with zero attached hydrogens (tertiary/aromatic N) is 2. The summed E-state index contributed by atoms with van der Waals surface area (Å²) in [5.74, 6) is 0.0161. The Morgan fingerprint density at radius 3 is 2.76 bits per heavy atom. The van der Waals surface area contributed by atoms with E-state index >= 15 is 0 Å². The first-order valence-corrected chi connectivity index (χ1v) is 9.03. The van der Waals surface area contributed by atoms with Crippen LogP contribution >= 0.6 is 11.8 Å². The van der Waals surface area contributed by atoms with Crippen molar-refractivity contribution >= 4 is 21.8 Å². The number of sulfonamides is 1. The molecule has 0 atom stereocenters. The van der Waals surface area contributed by atoms with E-state index in [0.29, 0.717) is 13.1 Å². The van der Waals surface area contributed by atoms with Crippen LogP contribution in [0.4, 0.5) is 4.39 Å². The van der Waals surface area contributed by atoms with Crippen molar-refractivity contribution in [3.05, 3.63) is 29.6 Å². The van der Waals surface area contributed by atoms with Gasteiger partial charge in [-0.15, -0.1) is 0 Å². The van der Waals surface area contributed by atoms with Crippen molar-refractivity contribution in [3.8, 4) is 6.07 Å². The maximum atomic E-state index is 13.3. The average molecular weight is 328 g/mol. The zero-order valence-electron chi connectivity index (χ0n) is 12.0. The van der Waals surface area contributed by atoms with E-state index in [1.165, 1.54) is 10.4 Å². The van der Waals surface area contributed by atoms with Crippen molar-refractivity contribution in [1.82, 2.24) is 4.31 Å². The Balaban J connectivity index is 2.32. The third kappa shape index (κ3) is 3.57. The molecule has 1 saturated heterocycles. The van der Waals surface area contributed by atoms with Crippen LogP contribution in [0.3, 0.4) is 0 Å². The maximum Gasteiger partial charge on any atom is 0.243 e. The second kappa shape index (κ2) is 5.95. The fourth-order valence-corrected chi connectivity index (χ4v) is 4.83. The third-order valence-electron chi connectivity index (χ3n) is 3.49. The minimum Gasteiger partial charge on any atom is -0.207 e. The lowest BCUT2D eigenvalue weighted by Crippen LogP contribution is -2.33. The van der Waals surface area contributed by atoms with Gasteiger partial charge in [0.25, 0.3) is 0 Å². The van der Waals surface area contributed by atoms with Gasteiger partial charge < -0.3 is 0 Å². The van der Waals surface area contributed by atoms with Gasteiger partial charge in [0.15, 0.2) is 0 Å². The molecule has 114 valence electrons. The van der Waals surface area contributed by atoms with Gasteiger partial charge in [-0.2, -0.15) is 21.3 Å². The molecule has 1 fully saturated rings. The highest BCUT2D eigenvalue weighted by Crippen LogP contribution is 2.32. The van der Waals surface area contributed by atoms with Crippen molar-refractivity contribution in [2.24, 2.45) is 0 Å². The monoisotopic (exact) mass is 328 g/mol. The molecule has 7 heteroatoms. The van der Waals surface area contributed by atoms with Crippen molar-refractivity contribution < 1.29 is 12.8 Å².